The number of aliphatic hydroxyl groups excluding tert-OH is 1. The van der Waals surface area contributed by atoms with Crippen molar-refractivity contribution in [3.05, 3.63) is 22.6 Å². The summed E-state index contributed by atoms with van der Waals surface area (Å²) in [6.07, 6.45) is 4.72. The van der Waals surface area contributed by atoms with Crippen LogP contribution in [0.4, 0.5) is 5.69 Å². The lowest BCUT2D eigenvalue weighted by atomic mass is 10.1. The van der Waals surface area contributed by atoms with E-state index in [2.05, 4.69) is 15.3 Å². The molecule has 0 bridgehead atoms. The summed E-state index contributed by atoms with van der Waals surface area (Å²) in [6.45, 7) is 2.66. The second kappa shape index (κ2) is 6.68. The van der Waals surface area contributed by atoms with E-state index in [0.29, 0.717) is 6.54 Å². The zero-order chi connectivity index (χ0) is 13.7. The zero-order valence-electron chi connectivity index (χ0n) is 11.4. The Hall–Kier alpha value is -1.40. The minimum absolute atomic E-state index is 0.154. The van der Waals surface area contributed by atoms with Crippen LogP contribution in [0, 0.1) is 0 Å². The predicted molar refractivity (Wildman–Crippen MR) is 74.5 cm³/mol. The molecular weight excluding hydrogens is 244 g/mol. The highest BCUT2D eigenvalue weighted by molar-refractivity contribution is 5.43. The summed E-state index contributed by atoms with van der Waals surface area (Å²) < 4.78 is 1.31. The third-order valence-corrected chi connectivity index (χ3v) is 3.40. The normalized spacial score (nSPS) is 17.5. The number of nitrogens with zero attached hydrogens (tertiary/aromatic N) is 3. The van der Waals surface area contributed by atoms with E-state index in [1.165, 1.54) is 23.9 Å². The largest absolute Gasteiger partial charge is 0.390 e. The molecule has 1 saturated heterocycles. The van der Waals surface area contributed by atoms with Crippen molar-refractivity contribution in [3.63, 3.8) is 0 Å². The Bertz CT molecular complexity index is 454. The number of anilines is 1. The van der Waals surface area contributed by atoms with E-state index >= 15 is 0 Å². The summed E-state index contributed by atoms with van der Waals surface area (Å²) in [6, 6.07) is 1.62. The van der Waals surface area contributed by atoms with Crippen LogP contribution in [0.2, 0.25) is 0 Å². The molecule has 0 aromatic carbocycles. The van der Waals surface area contributed by atoms with Gasteiger partial charge in [-0.25, -0.2) is 4.68 Å². The second-order valence-corrected chi connectivity index (χ2v) is 4.99. The Morgan fingerprint density at radius 3 is 2.79 bits per heavy atom. The highest BCUT2D eigenvalue weighted by atomic mass is 16.3. The molecule has 0 spiro atoms. The van der Waals surface area contributed by atoms with E-state index < -0.39 is 6.10 Å². The molecule has 0 radical (unpaired) electrons. The molecule has 1 aliphatic rings. The van der Waals surface area contributed by atoms with Gasteiger partial charge in [0.1, 0.15) is 0 Å². The molecule has 6 heteroatoms. The van der Waals surface area contributed by atoms with Crippen molar-refractivity contribution in [2.75, 3.05) is 31.6 Å². The first kappa shape index (κ1) is 14.0. The number of aliphatic hydroxyl groups is 1. The molecule has 2 heterocycles. The molecule has 1 aliphatic heterocycles. The van der Waals surface area contributed by atoms with Gasteiger partial charge < -0.3 is 15.3 Å². The highest BCUT2D eigenvalue weighted by Gasteiger charge is 2.13. The zero-order valence-corrected chi connectivity index (χ0v) is 11.4. The van der Waals surface area contributed by atoms with Crippen LogP contribution in [0.3, 0.4) is 0 Å². The molecule has 1 fully saturated rings. The van der Waals surface area contributed by atoms with Crippen LogP contribution >= 0.6 is 0 Å². The molecule has 19 heavy (non-hydrogen) atoms. The van der Waals surface area contributed by atoms with Crippen molar-refractivity contribution < 1.29 is 5.11 Å². The number of nitrogens with one attached hydrogen (secondary N) is 1. The Balaban J connectivity index is 2.06. The average Bonchev–Trinajstić information content (AvgIpc) is 2.42. The minimum Gasteiger partial charge on any atom is -0.390 e. The first-order valence-electron chi connectivity index (χ1n) is 6.85. The first-order chi connectivity index (χ1) is 9.20. The fourth-order valence-corrected chi connectivity index (χ4v) is 2.39. The summed E-state index contributed by atoms with van der Waals surface area (Å²) in [5.74, 6) is 0. The summed E-state index contributed by atoms with van der Waals surface area (Å²) >= 11 is 0. The van der Waals surface area contributed by atoms with Gasteiger partial charge in [0.25, 0.3) is 5.56 Å². The molecule has 0 aliphatic carbocycles. The quantitative estimate of drug-likeness (QED) is 0.773. The Morgan fingerprint density at radius 2 is 2.16 bits per heavy atom. The van der Waals surface area contributed by atoms with Gasteiger partial charge in [-0.3, -0.25) is 4.79 Å². The van der Waals surface area contributed by atoms with E-state index in [-0.39, 0.29) is 12.1 Å². The van der Waals surface area contributed by atoms with E-state index in [0.717, 1.165) is 18.8 Å². The fraction of sp³-hybridized carbons (Fsp3) is 0.692. The molecule has 1 atom stereocenters. The predicted octanol–water partition coefficient (Wildman–Crippen LogP) is -0.186. The van der Waals surface area contributed by atoms with Crippen molar-refractivity contribution in [1.29, 1.82) is 0 Å². The van der Waals surface area contributed by atoms with Gasteiger partial charge in [0.2, 0.25) is 0 Å². The second-order valence-electron chi connectivity index (χ2n) is 4.99. The maximum atomic E-state index is 12.0. The van der Waals surface area contributed by atoms with Gasteiger partial charge in [0, 0.05) is 25.7 Å². The molecule has 106 valence electrons. The minimum atomic E-state index is -0.601. The monoisotopic (exact) mass is 266 g/mol. The summed E-state index contributed by atoms with van der Waals surface area (Å²) in [5, 5.41) is 16.7. The number of piperidine rings is 1. The van der Waals surface area contributed by atoms with Crippen LogP contribution in [0.15, 0.2) is 17.1 Å². The van der Waals surface area contributed by atoms with Crippen LogP contribution in [-0.2, 0) is 6.54 Å². The molecule has 1 aromatic heterocycles. The molecule has 2 rings (SSSR count). The number of rotatable bonds is 5. The lowest BCUT2D eigenvalue weighted by Gasteiger charge is -2.28. The van der Waals surface area contributed by atoms with Gasteiger partial charge in [-0.2, -0.15) is 5.10 Å². The van der Waals surface area contributed by atoms with Crippen LogP contribution in [0.25, 0.3) is 0 Å². The molecule has 1 unspecified atom stereocenters. The first-order valence-corrected chi connectivity index (χ1v) is 6.85. The van der Waals surface area contributed by atoms with E-state index in [1.807, 2.05) is 0 Å². The molecule has 1 aromatic rings. The van der Waals surface area contributed by atoms with E-state index in [9.17, 15) is 9.90 Å². The van der Waals surface area contributed by atoms with Gasteiger partial charge in [0.05, 0.1) is 24.5 Å². The van der Waals surface area contributed by atoms with Crippen molar-refractivity contribution in [1.82, 2.24) is 15.1 Å². The average molecular weight is 266 g/mol. The van der Waals surface area contributed by atoms with Crippen LogP contribution in [-0.4, -0.2) is 47.7 Å². The maximum absolute atomic E-state index is 12.0. The number of hydrogen-bond acceptors (Lipinski definition) is 5. The molecular formula is C13H22N4O2. The summed E-state index contributed by atoms with van der Waals surface area (Å²) in [4.78, 5) is 14.2. The Labute approximate surface area is 113 Å². The highest BCUT2D eigenvalue weighted by Crippen LogP contribution is 2.16. The van der Waals surface area contributed by atoms with E-state index in [1.54, 1.807) is 19.3 Å². The van der Waals surface area contributed by atoms with Gasteiger partial charge in [-0.05, 0) is 26.3 Å². The Morgan fingerprint density at radius 1 is 1.42 bits per heavy atom. The van der Waals surface area contributed by atoms with Crippen LogP contribution < -0.4 is 15.8 Å². The molecule has 0 saturated carbocycles. The summed E-state index contributed by atoms with van der Waals surface area (Å²) in [7, 11) is 1.76. The third kappa shape index (κ3) is 3.78. The van der Waals surface area contributed by atoms with Crippen molar-refractivity contribution in [2.45, 2.75) is 31.9 Å². The number of hydrogen-bond donors (Lipinski definition) is 2. The van der Waals surface area contributed by atoms with Gasteiger partial charge in [-0.15, -0.1) is 0 Å². The van der Waals surface area contributed by atoms with Crippen molar-refractivity contribution in [3.8, 4) is 0 Å². The lowest BCUT2D eigenvalue weighted by Crippen LogP contribution is -2.35. The smallest absolute Gasteiger partial charge is 0.268 e. The van der Waals surface area contributed by atoms with Gasteiger partial charge in [0.15, 0.2) is 0 Å². The number of likely N-dealkylation sites (N-methyl/N-ethyl adjacent to an activating group) is 1. The molecule has 6 nitrogen and oxygen atoms in total. The SMILES string of the molecule is CNCC(O)Cn1ncc(N2CCCCC2)cc1=O. The standard InChI is InChI=1S/C13H22N4O2/c1-14-9-12(18)10-17-13(19)7-11(8-15-17)16-5-3-2-4-6-16/h7-8,12,14,18H,2-6,9-10H2,1H3. The fourth-order valence-electron chi connectivity index (χ4n) is 2.39. The Kier molecular flexibility index (Phi) is 4.93. The number of aromatic nitrogens is 2. The van der Waals surface area contributed by atoms with Gasteiger partial charge in [-0.1, -0.05) is 0 Å². The van der Waals surface area contributed by atoms with E-state index in [4.69, 9.17) is 0 Å². The lowest BCUT2D eigenvalue weighted by molar-refractivity contribution is 0.147. The molecule has 0 amide bonds. The van der Waals surface area contributed by atoms with Crippen molar-refractivity contribution in [2.24, 2.45) is 0 Å². The third-order valence-electron chi connectivity index (χ3n) is 3.40. The van der Waals surface area contributed by atoms with Gasteiger partial charge >= 0.3 is 0 Å². The topological polar surface area (TPSA) is 70.4 Å². The van der Waals surface area contributed by atoms with Crippen LogP contribution in [0.1, 0.15) is 19.3 Å². The summed E-state index contributed by atoms with van der Waals surface area (Å²) in [5.41, 5.74) is 0.738. The molecule has 2 N–H and O–H groups in total. The maximum Gasteiger partial charge on any atom is 0.268 e. The van der Waals surface area contributed by atoms with Crippen LogP contribution in [0.5, 0.6) is 0 Å². The van der Waals surface area contributed by atoms with Crippen molar-refractivity contribution >= 4 is 5.69 Å².